The summed E-state index contributed by atoms with van der Waals surface area (Å²) in [6.07, 6.45) is 3.22. The Morgan fingerprint density at radius 3 is 2.73 bits per heavy atom. The minimum atomic E-state index is -0.422. The predicted molar refractivity (Wildman–Crippen MR) is 121 cm³/mol. The van der Waals surface area contributed by atoms with Gasteiger partial charge in [0, 0.05) is 12.8 Å². The van der Waals surface area contributed by atoms with Gasteiger partial charge in [-0.05, 0) is 12.0 Å². The van der Waals surface area contributed by atoms with E-state index in [4.69, 9.17) is 0 Å². The monoisotopic (exact) mass is 467 g/mol. The standard InChI is InChI=1S/C19H21N5O3S2.ClH/c1-2-3-9-15-23-24-19(29-15)20-14(25)11-28-18-21-16(26)13(17(27)22-18)10-12-7-5-4-6-8-12;/h4-8H,2-3,9-11H2,1H3,(H,20,24,25)(H2,21,22,26,27);1H. The van der Waals surface area contributed by atoms with Crippen LogP contribution in [0.1, 0.15) is 35.9 Å². The molecule has 3 rings (SSSR count). The van der Waals surface area contributed by atoms with Gasteiger partial charge in [0.2, 0.25) is 16.9 Å². The number of nitrogens with zero attached hydrogens (tertiary/aromatic N) is 3. The van der Waals surface area contributed by atoms with E-state index in [0.717, 1.165) is 41.6 Å². The smallest absolute Gasteiger partial charge is 0.258 e. The highest BCUT2D eigenvalue weighted by Gasteiger charge is 2.14. The Morgan fingerprint density at radius 1 is 1.27 bits per heavy atom. The third-order valence-electron chi connectivity index (χ3n) is 3.99. The van der Waals surface area contributed by atoms with Crippen molar-refractivity contribution >= 4 is 46.5 Å². The Hall–Kier alpha value is -2.43. The van der Waals surface area contributed by atoms with E-state index in [1.165, 1.54) is 11.3 Å². The summed E-state index contributed by atoms with van der Waals surface area (Å²) in [7, 11) is 0. The van der Waals surface area contributed by atoms with Gasteiger partial charge in [-0.15, -0.1) is 22.6 Å². The van der Waals surface area contributed by atoms with Gasteiger partial charge in [0.25, 0.3) is 5.56 Å². The number of thioether (sulfide) groups is 1. The van der Waals surface area contributed by atoms with Crippen LogP contribution in [-0.2, 0) is 17.6 Å². The molecule has 2 aromatic heterocycles. The quantitative estimate of drug-likeness (QED) is 0.325. The van der Waals surface area contributed by atoms with Crippen LogP contribution in [0, 0.1) is 0 Å². The van der Waals surface area contributed by atoms with Crippen molar-refractivity contribution in [1.29, 1.82) is 0 Å². The van der Waals surface area contributed by atoms with Crippen molar-refractivity contribution in [2.75, 3.05) is 11.1 Å². The molecule has 0 atom stereocenters. The Kier molecular flexibility index (Phi) is 9.28. The normalized spacial score (nSPS) is 10.4. The van der Waals surface area contributed by atoms with Gasteiger partial charge < -0.3 is 10.1 Å². The van der Waals surface area contributed by atoms with E-state index in [1.807, 2.05) is 30.3 Å². The molecule has 0 saturated carbocycles. The van der Waals surface area contributed by atoms with Crippen molar-refractivity contribution in [1.82, 2.24) is 20.2 Å². The van der Waals surface area contributed by atoms with Crippen LogP contribution >= 0.6 is 35.5 Å². The molecule has 0 bridgehead atoms. The molecular weight excluding hydrogens is 446 g/mol. The number of carbonyl (C=O) groups excluding carboxylic acids is 1. The molecular formula is C19H22ClN5O3S2. The highest BCUT2D eigenvalue weighted by Crippen LogP contribution is 2.20. The van der Waals surface area contributed by atoms with Gasteiger partial charge in [-0.25, -0.2) is 0 Å². The summed E-state index contributed by atoms with van der Waals surface area (Å²) in [6, 6.07) is 9.34. The topological polar surface area (TPSA) is 121 Å². The van der Waals surface area contributed by atoms with Crippen molar-refractivity contribution < 1.29 is 9.90 Å². The fourth-order valence-electron chi connectivity index (χ4n) is 2.52. The third kappa shape index (κ3) is 6.82. The van der Waals surface area contributed by atoms with Crippen LogP contribution in [0.2, 0.25) is 0 Å². The van der Waals surface area contributed by atoms with E-state index in [9.17, 15) is 14.7 Å². The molecule has 0 unspecified atom stereocenters. The Balaban J connectivity index is 0.00000320. The molecule has 2 heterocycles. The molecule has 0 radical (unpaired) electrons. The third-order valence-corrected chi connectivity index (χ3v) is 5.76. The zero-order valence-electron chi connectivity index (χ0n) is 16.3. The second kappa shape index (κ2) is 11.7. The molecule has 1 amide bonds. The molecule has 0 aliphatic carbocycles. The van der Waals surface area contributed by atoms with Gasteiger partial charge in [0.1, 0.15) is 5.01 Å². The Labute approximate surface area is 188 Å². The van der Waals surface area contributed by atoms with E-state index in [-0.39, 0.29) is 47.1 Å². The van der Waals surface area contributed by atoms with Gasteiger partial charge in [0.15, 0.2) is 5.16 Å². The van der Waals surface area contributed by atoms with Gasteiger partial charge in [0.05, 0.1) is 11.3 Å². The van der Waals surface area contributed by atoms with Gasteiger partial charge >= 0.3 is 0 Å². The molecule has 30 heavy (non-hydrogen) atoms. The van der Waals surface area contributed by atoms with Crippen LogP contribution < -0.4 is 10.9 Å². The molecule has 0 fully saturated rings. The number of unbranched alkanes of at least 4 members (excludes halogenated alkanes) is 1. The van der Waals surface area contributed by atoms with Crippen LogP contribution in [0.3, 0.4) is 0 Å². The largest absolute Gasteiger partial charge is 0.493 e. The zero-order valence-corrected chi connectivity index (χ0v) is 18.7. The van der Waals surface area contributed by atoms with Gasteiger partial charge in [-0.2, -0.15) is 4.98 Å². The van der Waals surface area contributed by atoms with Crippen LogP contribution in [-0.4, -0.2) is 36.9 Å². The lowest BCUT2D eigenvalue weighted by Crippen LogP contribution is -2.17. The zero-order chi connectivity index (χ0) is 20.6. The highest BCUT2D eigenvalue weighted by atomic mass is 35.5. The first-order valence-corrected chi connectivity index (χ1v) is 11.0. The SMILES string of the molecule is CCCCc1nnc(NC(=O)CSc2nc(O)c(Cc3ccccc3)c(=O)[nH]2)s1.Cl. The van der Waals surface area contributed by atoms with Crippen LogP contribution in [0.4, 0.5) is 5.13 Å². The second-order valence-electron chi connectivity index (χ2n) is 6.28. The number of amides is 1. The number of aromatic amines is 1. The summed E-state index contributed by atoms with van der Waals surface area (Å²) in [4.78, 5) is 31.0. The fourth-order valence-corrected chi connectivity index (χ4v) is 3.97. The first-order chi connectivity index (χ1) is 14.0. The van der Waals surface area contributed by atoms with Crippen molar-refractivity contribution in [3.8, 4) is 5.88 Å². The lowest BCUT2D eigenvalue weighted by atomic mass is 10.1. The summed E-state index contributed by atoms with van der Waals surface area (Å²) in [6.45, 7) is 2.10. The molecule has 3 aromatic rings. The molecule has 0 aliphatic heterocycles. The van der Waals surface area contributed by atoms with Gasteiger partial charge in [-0.3, -0.25) is 14.9 Å². The fraction of sp³-hybridized carbons (Fsp3) is 0.316. The minimum absolute atomic E-state index is 0. The molecule has 11 heteroatoms. The number of carbonyl (C=O) groups is 1. The molecule has 0 spiro atoms. The Morgan fingerprint density at radius 2 is 2.03 bits per heavy atom. The number of nitrogens with one attached hydrogen (secondary N) is 2. The number of halogens is 1. The van der Waals surface area contributed by atoms with E-state index >= 15 is 0 Å². The predicted octanol–water partition coefficient (Wildman–Crippen LogP) is 3.41. The number of aromatic nitrogens is 4. The maximum atomic E-state index is 12.3. The molecule has 160 valence electrons. The lowest BCUT2D eigenvalue weighted by Gasteiger charge is -2.06. The van der Waals surface area contributed by atoms with Crippen LogP contribution in [0.5, 0.6) is 5.88 Å². The van der Waals surface area contributed by atoms with Crippen LogP contribution in [0.15, 0.2) is 40.3 Å². The molecule has 0 aliphatic rings. The number of aryl methyl sites for hydroxylation is 1. The van der Waals surface area contributed by atoms with E-state index in [1.54, 1.807) is 0 Å². The summed E-state index contributed by atoms with van der Waals surface area (Å²) < 4.78 is 0. The number of H-pyrrole nitrogens is 1. The minimum Gasteiger partial charge on any atom is -0.493 e. The second-order valence-corrected chi connectivity index (χ2v) is 8.30. The van der Waals surface area contributed by atoms with E-state index in [2.05, 4.69) is 32.4 Å². The first-order valence-electron chi connectivity index (χ1n) is 9.16. The van der Waals surface area contributed by atoms with Gasteiger partial charge in [-0.1, -0.05) is 66.8 Å². The molecule has 3 N–H and O–H groups in total. The number of benzene rings is 1. The van der Waals surface area contributed by atoms with Crippen molar-refractivity contribution in [3.63, 3.8) is 0 Å². The summed E-state index contributed by atoms with van der Waals surface area (Å²) in [5, 5.41) is 22.4. The summed E-state index contributed by atoms with van der Waals surface area (Å²) in [5.74, 6) is -0.599. The maximum absolute atomic E-state index is 12.3. The molecule has 0 saturated heterocycles. The maximum Gasteiger partial charge on any atom is 0.258 e. The lowest BCUT2D eigenvalue weighted by molar-refractivity contribution is -0.113. The van der Waals surface area contributed by atoms with E-state index in [0.29, 0.717) is 5.13 Å². The molecule has 8 nitrogen and oxygen atoms in total. The van der Waals surface area contributed by atoms with E-state index < -0.39 is 5.56 Å². The van der Waals surface area contributed by atoms with Crippen molar-refractivity contribution in [3.05, 3.63) is 56.8 Å². The van der Waals surface area contributed by atoms with Crippen molar-refractivity contribution in [2.45, 2.75) is 37.8 Å². The Bertz CT molecular complexity index is 1030. The summed E-state index contributed by atoms with van der Waals surface area (Å²) >= 11 is 2.38. The molecule has 1 aromatic carbocycles. The highest BCUT2D eigenvalue weighted by molar-refractivity contribution is 7.99. The average molecular weight is 468 g/mol. The van der Waals surface area contributed by atoms with Crippen molar-refractivity contribution in [2.24, 2.45) is 0 Å². The number of anilines is 1. The van der Waals surface area contributed by atoms with Crippen LogP contribution in [0.25, 0.3) is 0 Å². The number of hydrogen-bond acceptors (Lipinski definition) is 8. The number of aromatic hydroxyl groups is 1. The summed E-state index contributed by atoms with van der Waals surface area (Å²) in [5.41, 5.74) is 0.665. The average Bonchev–Trinajstić information content (AvgIpc) is 3.15. The first kappa shape index (κ1) is 23.8. The number of rotatable bonds is 9. The number of hydrogen-bond donors (Lipinski definition) is 3.